The maximum atomic E-state index is 5.31. The SMILES string of the molecule is COc1cc(OC)cc(C2CNCC(C)C2)c1. The number of rotatable bonds is 3. The molecule has 0 radical (unpaired) electrons. The number of piperidine rings is 1. The van der Waals surface area contributed by atoms with Crippen molar-refractivity contribution >= 4 is 0 Å². The Labute approximate surface area is 103 Å². The van der Waals surface area contributed by atoms with E-state index in [4.69, 9.17) is 9.47 Å². The standard InChI is InChI=1S/C14H21NO2/c1-10-4-12(9-15-8-10)11-5-13(16-2)7-14(6-11)17-3/h5-7,10,12,15H,4,8-9H2,1-3H3. The van der Waals surface area contributed by atoms with Gasteiger partial charge in [-0.3, -0.25) is 0 Å². The molecule has 3 nitrogen and oxygen atoms in total. The van der Waals surface area contributed by atoms with E-state index >= 15 is 0 Å². The van der Waals surface area contributed by atoms with E-state index in [9.17, 15) is 0 Å². The third-order valence-electron chi connectivity index (χ3n) is 3.42. The van der Waals surface area contributed by atoms with Crippen LogP contribution in [0.5, 0.6) is 11.5 Å². The van der Waals surface area contributed by atoms with Crippen molar-refractivity contribution in [2.75, 3.05) is 27.3 Å². The molecule has 1 saturated heterocycles. The molecule has 1 aromatic rings. The van der Waals surface area contributed by atoms with Crippen LogP contribution in [0.1, 0.15) is 24.8 Å². The molecule has 1 heterocycles. The molecule has 0 aromatic heterocycles. The normalized spacial score (nSPS) is 24.4. The first-order valence-electron chi connectivity index (χ1n) is 6.16. The minimum absolute atomic E-state index is 0.558. The van der Waals surface area contributed by atoms with Crippen molar-refractivity contribution in [1.82, 2.24) is 5.32 Å². The van der Waals surface area contributed by atoms with Gasteiger partial charge in [0.15, 0.2) is 0 Å². The van der Waals surface area contributed by atoms with Crippen molar-refractivity contribution in [3.63, 3.8) is 0 Å². The Kier molecular flexibility index (Phi) is 3.89. The predicted octanol–water partition coefficient (Wildman–Crippen LogP) is 2.42. The van der Waals surface area contributed by atoms with Crippen LogP contribution in [0.4, 0.5) is 0 Å². The monoisotopic (exact) mass is 235 g/mol. The third-order valence-corrected chi connectivity index (χ3v) is 3.42. The molecule has 0 aliphatic carbocycles. The molecule has 1 fully saturated rings. The number of methoxy groups -OCH3 is 2. The van der Waals surface area contributed by atoms with E-state index in [0.29, 0.717) is 5.92 Å². The van der Waals surface area contributed by atoms with Gasteiger partial charge in [0, 0.05) is 12.6 Å². The minimum Gasteiger partial charge on any atom is -0.497 e. The van der Waals surface area contributed by atoms with E-state index in [0.717, 1.165) is 30.5 Å². The van der Waals surface area contributed by atoms with Gasteiger partial charge in [-0.25, -0.2) is 0 Å². The molecule has 2 atom stereocenters. The van der Waals surface area contributed by atoms with Gasteiger partial charge in [-0.1, -0.05) is 6.92 Å². The zero-order chi connectivity index (χ0) is 12.3. The fraction of sp³-hybridized carbons (Fsp3) is 0.571. The molecule has 1 N–H and O–H groups in total. The van der Waals surface area contributed by atoms with Gasteiger partial charge in [0.25, 0.3) is 0 Å². The molecule has 1 aliphatic rings. The molecule has 17 heavy (non-hydrogen) atoms. The van der Waals surface area contributed by atoms with Crippen LogP contribution in [0.3, 0.4) is 0 Å². The van der Waals surface area contributed by atoms with Gasteiger partial charge in [-0.15, -0.1) is 0 Å². The number of benzene rings is 1. The van der Waals surface area contributed by atoms with Gasteiger partial charge >= 0.3 is 0 Å². The summed E-state index contributed by atoms with van der Waals surface area (Å²) in [7, 11) is 3.39. The Morgan fingerprint density at radius 2 is 1.71 bits per heavy atom. The van der Waals surface area contributed by atoms with Gasteiger partial charge in [0.1, 0.15) is 11.5 Å². The second-order valence-corrected chi connectivity index (χ2v) is 4.84. The zero-order valence-electron chi connectivity index (χ0n) is 10.8. The highest BCUT2D eigenvalue weighted by atomic mass is 16.5. The van der Waals surface area contributed by atoms with Crippen molar-refractivity contribution < 1.29 is 9.47 Å². The average Bonchev–Trinajstić information content (AvgIpc) is 2.38. The van der Waals surface area contributed by atoms with Crippen LogP contribution < -0.4 is 14.8 Å². The maximum absolute atomic E-state index is 5.31. The summed E-state index contributed by atoms with van der Waals surface area (Å²) in [5, 5.41) is 3.48. The summed E-state index contributed by atoms with van der Waals surface area (Å²) in [5.74, 6) is 3.03. The van der Waals surface area contributed by atoms with E-state index in [1.54, 1.807) is 14.2 Å². The summed E-state index contributed by atoms with van der Waals surface area (Å²) in [6, 6.07) is 6.16. The Morgan fingerprint density at radius 3 is 2.24 bits per heavy atom. The molecule has 3 heteroatoms. The van der Waals surface area contributed by atoms with Crippen molar-refractivity contribution in [2.24, 2.45) is 5.92 Å². The van der Waals surface area contributed by atoms with Crippen molar-refractivity contribution in [3.8, 4) is 11.5 Å². The highest BCUT2D eigenvalue weighted by molar-refractivity contribution is 5.40. The number of hydrogen-bond acceptors (Lipinski definition) is 3. The van der Waals surface area contributed by atoms with E-state index in [-0.39, 0.29) is 0 Å². The lowest BCUT2D eigenvalue weighted by Gasteiger charge is -2.28. The zero-order valence-corrected chi connectivity index (χ0v) is 10.8. The second kappa shape index (κ2) is 5.41. The Hall–Kier alpha value is -1.22. The van der Waals surface area contributed by atoms with Crippen LogP contribution in [0.25, 0.3) is 0 Å². The van der Waals surface area contributed by atoms with E-state index in [1.807, 2.05) is 6.07 Å². The summed E-state index contributed by atoms with van der Waals surface area (Å²) >= 11 is 0. The van der Waals surface area contributed by atoms with E-state index in [1.165, 1.54) is 12.0 Å². The summed E-state index contributed by atoms with van der Waals surface area (Å²) in [6.07, 6.45) is 1.23. The molecule has 1 aromatic carbocycles. The molecule has 0 saturated carbocycles. The molecule has 0 spiro atoms. The third kappa shape index (κ3) is 2.91. The lowest BCUT2D eigenvalue weighted by molar-refractivity contribution is 0.358. The van der Waals surface area contributed by atoms with Gasteiger partial charge in [-0.05, 0) is 42.5 Å². The fourth-order valence-electron chi connectivity index (χ4n) is 2.48. The largest absolute Gasteiger partial charge is 0.497 e. The molecular formula is C14H21NO2. The number of ether oxygens (including phenoxy) is 2. The highest BCUT2D eigenvalue weighted by Crippen LogP contribution is 2.32. The quantitative estimate of drug-likeness (QED) is 0.872. The van der Waals surface area contributed by atoms with E-state index in [2.05, 4.69) is 24.4 Å². The van der Waals surface area contributed by atoms with Crippen molar-refractivity contribution in [3.05, 3.63) is 23.8 Å². The average molecular weight is 235 g/mol. The molecular weight excluding hydrogens is 214 g/mol. The van der Waals surface area contributed by atoms with Crippen LogP contribution in [-0.2, 0) is 0 Å². The molecule has 0 bridgehead atoms. The van der Waals surface area contributed by atoms with Gasteiger partial charge in [0.05, 0.1) is 14.2 Å². The highest BCUT2D eigenvalue weighted by Gasteiger charge is 2.21. The predicted molar refractivity (Wildman–Crippen MR) is 68.9 cm³/mol. The molecule has 1 aliphatic heterocycles. The van der Waals surface area contributed by atoms with Crippen LogP contribution in [0, 0.1) is 5.92 Å². The molecule has 0 amide bonds. The second-order valence-electron chi connectivity index (χ2n) is 4.84. The van der Waals surface area contributed by atoms with Crippen LogP contribution in [0.2, 0.25) is 0 Å². The first-order chi connectivity index (χ1) is 8.22. The van der Waals surface area contributed by atoms with Gasteiger partial charge in [0.2, 0.25) is 0 Å². The first-order valence-corrected chi connectivity index (χ1v) is 6.16. The summed E-state index contributed by atoms with van der Waals surface area (Å²) in [4.78, 5) is 0. The Bertz CT molecular complexity index is 356. The Balaban J connectivity index is 2.23. The Morgan fingerprint density at radius 1 is 1.06 bits per heavy atom. The van der Waals surface area contributed by atoms with Crippen LogP contribution >= 0.6 is 0 Å². The lowest BCUT2D eigenvalue weighted by atomic mass is 9.86. The van der Waals surface area contributed by atoms with Gasteiger partial charge < -0.3 is 14.8 Å². The lowest BCUT2D eigenvalue weighted by Crippen LogP contribution is -2.33. The summed E-state index contributed by atoms with van der Waals surface area (Å²) in [5.41, 5.74) is 1.31. The molecule has 2 rings (SSSR count). The van der Waals surface area contributed by atoms with E-state index < -0.39 is 0 Å². The van der Waals surface area contributed by atoms with Crippen molar-refractivity contribution in [1.29, 1.82) is 0 Å². The topological polar surface area (TPSA) is 30.5 Å². The summed E-state index contributed by atoms with van der Waals surface area (Å²) < 4.78 is 10.6. The smallest absolute Gasteiger partial charge is 0.122 e. The first kappa shape index (κ1) is 12.2. The fourth-order valence-corrected chi connectivity index (χ4v) is 2.48. The van der Waals surface area contributed by atoms with Crippen LogP contribution in [-0.4, -0.2) is 27.3 Å². The minimum atomic E-state index is 0.558. The van der Waals surface area contributed by atoms with Crippen LogP contribution in [0.15, 0.2) is 18.2 Å². The summed E-state index contributed by atoms with van der Waals surface area (Å²) in [6.45, 7) is 4.45. The maximum Gasteiger partial charge on any atom is 0.122 e. The number of nitrogens with one attached hydrogen (secondary N) is 1. The molecule has 2 unspecified atom stereocenters. The molecule has 94 valence electrons. The number of hydrogen-bond donors (Lipinski definition) is 1. The van der Waals surface area contributed by atoms with Gasteiger partial charge in [-0.2, -0.15) is 0 Å². The van der Waals surface area contributed by atoms with Crippen molar-refractivity contribution in [2.45, 2.75) is 19.3 Å².